The van der Waals surface area contributed by atoms with Gasteiger partial charge in [-0.1, -0.05) is 0 Å². The minimum atomic E-state index is -0.235. The number of nitrogens with zero attached hydrogens (tertiary/aromatic N) is 2. The molecule has 1 rings (SSSR count). The third-order valence-corrected chi connectivity index (χ3v) is 3.39. The van der Waals surface area contributed by atoms with Crippen LogP contribution in [0.3, 0.4) is 0 Å². The molecule has 1 saturated heterocycles. The number of methoxy groups -OCH3 is 1. The van der Waals surface area contributed by atoms with E-state index in [0.29, 0.717) is 0 Å². The van der Waals surface area contributed by atoms with E-state index in [1.165, 1.54) is 7.11 Å². The molecule has 4 heteroatoms. The lowest BCUT2D eigenvalue weighted by molar-refractivity contribution is -0.144. The van der Waals surface area contributed by atoms with Crippen LogP contribution in [0, 0.1) is 22.7 Å². The van der Waals surface area contributed by atoms with Crippen molar-refractivity contribution in [3.05, 3.63) is 0 Å². The van der Waals surface area contributed by atoms with Crippen molar-refractivity contribution < 1.29 is 9.53 Å². The van der Waals surface area contributed by atoms with E-state index in [1.54, 1.807) is 0 Å². The predicted octanol–water partition coefficient (Wildman–Crippen LogP) is 1.81. The summed E-state index contributed by atoms with van der Waals surface area (Å²) in [6, 6.07) is 2.31. The maximum atomic E-state index is 11.3. The molecular weight excluding hydrogens is 216 g/mol. The molecule has 0 amide bonds. The van der Waals surface area contributed by atoms with Crippen LogP contribution >= 0.6 is 0 Å². The smallest absolute Gasteiger partial charge is 0.310 e. The van der Waals surface area contributed by atoms with Gasteiger partial charge in [-0.15, -0.1) is 0 Å². The van der Waals surface area contributed by atoms with Crippen molar-refractivity contribution >= 4 is 5.97 Å². The van der Waals surface area contributed by atoms with Gasteiger partial charge in [0.2, 0.25) is 0 Å². The van der Waals surface area contributed by atoms with E-state index in [4.69, 9.17) is 10.00 Å². The Labute approximate surface area is 104 Å². The number of hydrogen-bond donors (Lipinski definition) is 0. The highest BCUT2D eigenvalue weighted by Gasteiger charge is 2.28. The molecule has 0 aliphatic carbocycles. The highest BCUT2D eigenvalue weighted by molar-refractivity contribution is 5.72. The molecule has 0 bridgehead atoms. The predicted molar refractivity (Wildman–Crippen MR) is 65.2 cm³/mol. The molecule has 17 heavy (non-hydrogen) atoms. The molecule has 0 spiro atoms. The molecule has 0 aromatic rings. The van der Waals surface area contributed by atoms with E-state index >= 15 is 0 Å². The van der Waals surface area contributed by atoms with E-state index in [9.17, 15) is 4.79 Å². The fraction of sp³-hybridized carbons (Fsp3) is 0.846. The lowest BCUT2D eigenvalue weighted by Crippen LogP contribution is -2.25. The molecule has 96 valence electrons. The van der Waals surface area contributed by atoms with Gasteiger partial charge in [0.1, 0.15) is 0 Å². The first kappa shape index (κ1) is 14.0. The van der Waals surface area contributed by atoms with Crippen LogP contribution in [0.25, 0.3) is 0 Å². The number of carbonyl (C=O) groups excluding carboxylic acids is 1. The number of carbonyl (C=O) groups is 1. The van der Waals surface area contributed by atoms with Crippen molar-refractivity contribution in [3.8, 4) is 6.07 Å². The fourth-order valence-electron chi connectivity index (χ4n) is 2.20. The van der Waals surface area contributed by atoms with E-state index in [1.807, 2.05) is 13.8 Å². The largest absolute Gasteiger partial charge is 0.469 e. The van der Waals surface area contributed by atoms with Crippen molar-refractivity contribution in [1.82, 2.24) is 4.90 Å². The zero-order valence-electron chi connectivity index (χ0n) is 11.0. The molecule has 0 saturated carbocycles. The summed E-state index contributed by atoms with van der Waals surface area (Å²) in [5.41, 5.74) is -0.235. The molecule has 0 aromatic carbocycles. The molecule has 0 radical (unpaired) electrons. The Morgan fingerprint density at radius 1 is 1.59 bits per heavy atom. The summed E-state index contributed by atoms with van der Waals surface area (Å²) in [4.78, 5) is 13.6. The average Bonchev–Trinajstić information content (AvgIpc) is 2.76. The first-order valence-electron chi connectivity index (χ1n) is 6.20. The van der Waals surface area contributed by atoms with Gasteiger partial charge in [-0.3, -0.25) is 4.79 Å². The highest BCUT2D eigenvalue weighted by Crippen LogP contribution is 2.23. The average molecular weight is 238 g/mol. The molecule has 1 aliphatic rings. The Morgan fingerprint density at radius 2 is 2.29 bits per heavy atom. The quantitative estimate of drug-likeness (QED) is 0.685. The maximum Gasteiger partial charge on any atom is 0.310 e. The molecule has 0 aromatic heterocycles. The van der Waals surface area contributed by atoms with Gasteiger partial charge in [0, 0.05) is 6.54 Å². The van der Waals surface area contributed by atoms with Crippen LogP contribution in [0.1, 0.15) is 33.1 Å². The Kier molecular flexibility index (Phi) is 4.95. The number of hydrogen-bond acceptors (Lipinski definition) is 4. The van der Waals surface area contributed by atoms with Crippen molar-refractivity contribution in [2.24, 2.45) is 11.3 Å². The summed E-state index contributed by atoms with van der Waals surface area (Å²) in [5, 5.41) is 8.91. The third-order valence-electron chi connectivity index (χ3n) is 3.39. The molecule has 1 heterocycles. The van der Waals surface area contributed by atoms with Gasteiger partial charge in [0.25, 0.3) is 0 Å². The van der Waals surface area contributed by atoms with Crippen LogP contribution in [0.15, 0.2) is 0 Å². The SMILES string of the molecule is COC(=O)C1CCN(CCCC(C)(C)C#N)C1. The van der Waals surface area contributed by atoms with Crippen molar-refractivity contribution in [2.75, 3.05) is 26.7 Å². The summed E-state index contributed by atoms with van der Waals surface area (Å²) in [6.45, 7) is 6.67. The van der Waals surface area contributed by atoms with Crippen molar-refractivity contribution in [1.29, 1.82) is 5.26 Å². The number of ether oxygens (including phenoxy) is 1. The Bertz CT molecular complexity index is 307. The number of esters is 1. The standard InChI is InChI=1S/C13H22N2O2/c1-13(2,10-14)6-4-7-15-8-5-11(9-15)12(16)17-3/h11H,4-9H2,1-3H3. The number of likely N-dealkylation sites (tertiary alicyclic amines) is 1. The molecular formula is C13H22N2O2. The van der Waals surface area contributed by atoms with Gasteiger partial charge in [-0.25, -0.2) is 0 Å². The van der Waals surface area contributed by atoms with Gasteiger partial charge >= 0.3 is 5.97 Å². The van der Waals surface area contributed by atoms with Crippen LogP contribution in [0.4, 0.5) is 0 Å². The van der Waals surface area contributed by atoms with Gasteiger partial charge in [0.15, 0.2) is 0 Å². The zero-order chi connectivity index (χ0) is 12.9. The van der Waals surface area contributed by atoms with Gasteiger partial charge in [0.05, 0.1) is 24.5 Å². The summed E-state index contributed by atoms with van der Waals surface area (Å²) in [5.74, 6) is -0.0474. The Hall–Kier alpha value is -1.08. The van der Waals surface area contributed by atoms with E-state index in [0.717, 1.165) is 38.9 Å². The number of nitriles is 1. The molecule has 1 fully saturated rings. The number of rotatable bonds is 5. The van der Waals surface area contributed by atoms with Crippen LogP contribution in [-0.4, -0.2) is 37.6 Å². The molecule has 1 unspecified atom stereocenters. The van der Waals surface area contributed by atoms with Crippen LogP contribution < -0.4 is 0 Å². The lowest BCUT2D eigenvalue weighted by Gasteiger charge is -2.19. The summed E-state index contributed by atoms with van der Waals surface area (Å²) >= 11 is 0. The Morgan fingerprint density at radius 3 is 2.88 bits per heavy atom. The van der Waals surface area contributed by atoms with Gasteiger partial charge in [-0.2, -0.15) is 5.26 Å². The second kappa shape index (κ2) is 6.02. The van der Waals surface area contributed by atoms with E-state index in [2.05, 4.69) is 11.0 Å². The zero-order valence-corrected chi connectivity index (χ0v) is 11.0. The fourth-order valence-corrected chi connectivity index (χ4v) is 2.20. The first-order chi connectivity index (χ1) is 7.98. The minimum Gasteiger partial charge on any atom is -0.469 e. The van der Waals surface area contributed by atoms with E-state index < -0.39 is 0 Å². The van der Waals surface area contributed by atoms with Gasteiger partial charge in [-0.05, 0) is 46.2 Å². The monoisotopic (exact) mass is 238 g/mol. The van der Waals surface area contributed by atoms with Crippen molar-refractivity contribution in [3.63, 3.8) is 0 Å². The lowest BCUT2D eigenvalue weighted by atomic mass is 9.90. The second-order valence-electron chi connectivity index (χ2n) is 5.41. The molecule has 4 nitrogen and oxygen atoms in total. The second-order valence-corrected chi connectivity index (χ2v) is 5.41. The maximum absolute atomic E-state index is 11.3. The van der Waals surface area contributed by atoms with E-state index in [-0.39, 0.29) is 17.3 Å². The third kappa shape index (κ3) is 4.35. The minimum absolute atomic E-state index is 0.0453. The highest BCUT2D eigenvalue weighted by atomic mass is 16.5. The van der Waals surface area contributed by atoms with Crippen LogP contribution in [-0.2, 0) is 9.53 Å². The normalized spacial score (nSPS) is 21.2. The molecule has 0 N–H and O–H groups in total. The van der Waals surface area contributed by atoms with Crippen LogP contribution in [0.2, 0.25) is 0 Å². The van der Waals surface area contributed by atoms with Gasteiger partial charge < -0.3 is 9.64 Å². The molecule has 1 atom stereocenters. The molecule has 1 aliphatic heterocycles. The topological polar surface area (TPSA) is 53.3 Å². The summed E-state index contributed by atoms with van der Waals surface area (Å²) in [6.07, 6.45) is 2.81. The first-order valence-corrected chi connectivity index (χ1v) is 6.20. The van der Waals surface area contributed by atoms with Crippen LogP contribution in [0.5, 0.6) is 0 Å². The summed E-state index contributed by atoms with van der Waals surface area (Å²) < 4.78 is 4.75. The Balaban J connectivity index is 2.23. The van der Waals surface area contributed by atoms with Crippen molar-refractivity contribution in [2.45, 2.75) is 33.1 Å². The summed E-state index contributed by atoms with van der Waals surface area (Å²) in [7, 11) is 1.44.